The molecule has 24 heavy (non-hydrogen) atoms. The second-order valence-electron chi connectivity index (χ2n) is 7.46. The monoisotopic (exact) mass is 332 g/mol. The lowest BCUT2D eigenvalue weighted by Gasteiger charge is -2.28. The van der Waals surface area contributed by atoms with Crippen LogP contribution in [-0.4, -0.2) is 21.0 Å². The number of hydrogen-bond donors (Lipinski definition) is 0. The molecule has 0 saturated heterocycles. The molecule has 0 spiro atoms. The maximum atomic E-state index is 13.1. The van der Waals surface area contributed by atoms with Crippen LogP contribution in [0.1, 0.15) is 15.9 Å². The number of benzene rings is 2. The van der Waals surface area contributed by atoms with E-state index in [0.29, 0.717) is 0 Å². The number of Topliss-reactive ketones (excluding diaryl/α,β-unsaturated/α-hetero) is 1. The van der Waals surface area contributed by atoms with E-state index in [0.717, 1.165) is 27.7 Å². The molecule has 2 aliphatic carbocycles. The Bertz CT molecular complexity index is 1030. The molecule has 0 amide bonds. The van der Waals surface area contributed by atoms with Crippen molar-refractivity contribution in [3.8, 4) is 5.75 Å². The molecule has 120 valence electrons. The van der Waals surface area contributed by atoms with Crippen molar-refractivity contribution in [2.75, 3.05) is 7.11 Å². The Balaban J connectivity index is 2.17. The molecule has 0 saturated carbocycles. The topological polar surface area (TPSA) is 26.3 Å². The lowest BCUT2D eigenvalue weighted by atomic mass is 9.93. The molecule has 1 atom stereocenters. The Morgan fingerprint density at radius 2 is 1.75 bits per heavy atom. The number of ketones is 1. The van der Waals surface area contributed by atoms with Crippen LogP contribution >= 0.6 is 0 Å². The summed E-state index contributed by atoms with van der Waals surface area (Å²) in [7, 11) is -0.0292. The lowest BCUT2D eigenvalue weighted by molar-refractivity contribution is 0.0980. The van der Waals surface area contributed by atoms with Crippen molar-refractivity contribution in [1.29, 1.82) is 0 Å². The number of fused-ring (bicyclic) bond motifs is 4. The first kappa shape index (κ1) is 15.2. The average Bonchev–Trinajstić information content (AvgIpc) is 2.84. The van der Waals surface area contributed by atoms with E-state index < -0.39 is 8.07 Å². The van der Waals surface area contributed by atoms with Crippen molar-refractivity contribution in [1.82, 2.24) is 0 Å². The average molecular weight is 332 g/mol. The zero-order chi connectivity index (χ0) is 17.1. The SMILES string of the molecule is COc1ccc2c(c1)=C=C1c3ccccc3C(=O)C1C=2[Si](C)(C)C. The van der Waals surface area contributed by atoms with E-state index in [9.17, 15) is 4.79 Å². The minimum Gasteiger partial charge on any atom is -0.497 e. The van der Waals surface area contributed by atoms with Gasteiger partial charge in [0.15, 0.2) is 5.78 Å². The zero-order valence-corrected chi connectivity index (χ0v) is 15.4. The summed E-state index contributed by atoms with van der Waals surface area (Å²) in [6.45, 7) is 6.95. The Morgan fingerprint density at radius 1 is 1.04 bits per heavy atom. The van der Waals surface area contributed by atoms with E-state index in [-0.39, 0.29) is 11.7 Å². The predicted octanol–water partition coefficient (Wildman–Crippen LogP) is 3.01. The van der Waals surface area contributed by atoms with Crippen molar-refractivity contribution < 1.29 is 9.53 Å². The third-order valence-corrected chi connectivity index (χ3v) is 7.09. The van der Waals surface area contributed by atoms with Crippen molar-refractivity contribution in [3.63, 3.8) is 0 Å². The van der Waals surface area contributed by atoms with Crippen LogP contribution in [0.3, 0.4) is 0 Å². The quantitative estimate of drug-likeness (QED) is 0.790. The van der Waals surface area contributed by atoms with Gasteiger partial charge in [0.05, 0.1) is 21.1 Å². The number of ether oxygens (including phenoxy) is 1. The highest BCUT2D eigenvalue weighted by molar-refractivity contribution is 6.93. The number of hydrogen-bond acceptors (Lipinski definition) is 2. The Hall–Kier alpha value is -2.35. The maximum Gasteiger partial charge on any atom is 0.175 e. The van der Waals surface area contributed by atoms with Crippen LogP contribution in [0.5, 0.6) is 5.75 Å². The fourth-order valence-corrected chi connectivity index (χ4v) is 6.08. The molecule has 0 aromatic heterocycles. The molecule has 4 rings (SSSR count). The molecule has 2 aromatic carbocycles. The number of rotatable bonds is 2. The largest absolute Gasteiger partial charge is 0.497 e. The molecule has 0 fully saturated rings. The van der Waals surface area contributed by atoms with E-state index in [1.54, 1.807) is 7.11 Å². The van der Waals surface area contributed by atoms with Gasteiger partial charge in [-0.1, -0.05) is 55.2 Å². The molecule has 0 aliphatic heterocycles. The summed E-state index contributed by atoms with van der Waals surface area (Å²) in [5.74, 6) is 0.898. The van der Waals surface area contributed by atoms with E-state index in [2.05, 4.69) is 31.4 Å². The van der Waals surface area contributed by atoms with Gasteiger partial charge in [0, 0.05) is 16.4 Å². The lowest BCUT2D eigenvalue weighted by Crippen LogP contribution is -2.42. The van der Waals surface area contributed by atoms with Gasteiger partial charge in [-0.15, -0.1) is 5.73 Å². The molecule has 2 aliphatic rings. The first-order valence-corrected chi connectivity index (χ1v) is 11.7. The second-order valence-corrected chi connectivity index (χ2v) is 12.5. The van der Waals surface area contributed by atoms with Crippen LogP contribution in [0.15, 0.2) is 42.5 Å². The summed E-state index contributed by atoms with van der Waals surface area (Å²) < 4.78 is 5.39. The molecule has 0 heterocycles. The molecule has 0 N–H and O–H groups in total. The van der Waals surface area contributed by atoms with Gasteiger partial charge >= 0.3 is 0 Å². The van der Waals surface area contributed by atoms with Crippen LogP contribution in [0.25, 0.3) is 16.5 Å². The van der Waals surface area contributed by atoms with Gasteiger partial charge in [-0.2, -0.15) is 0 Å². The highest BCUT2D eigenvalue weighted by Crippen LogP contribution is 2.43. The van der Waals surface area contributed by atoms with Crippen molar-refractivity contribution in [2.45, 2.75) is 19.6 Å². The summed E-state index contributed by atoms with van der Waals surface area (Å²) in [4.78, 5) is 13.1. The minimum absolute atomic E-state index is 0.157. The van der Waals surface area contributed by atoms with Gasteiger partial charge < -0.3 is 4.74 Å². The Morgan fingerprint density at radius 3 is 2.42 bits per heavy atom. The number of methoxy groups -OCH3 is 1. The van der Waals surface area contributed by atoms with Crippen molar-refractivity contribution >= 4 is 30.4 Å². The normalized spacial score (nSPS) is 18.3. The fraction of sp³-hybridized carbons (Fsp3) is 0.238. The van der Waals surface area contributed by atoms with Crippen LogP contribution in [-0.2, 0) is 0 Å². The molecular formula is C21H20O2Si. The molecule has 1 unspecified atom stereocenters. The molecular weight excluding hydrogens is 312 g/mol. The molecule has 2 nitrogen and oxygen atoms in total. The van der Waals surface area contributed by atoms with Gasteiger partial charge in [-0.25, -0.2) is 0 Å². The first-order valence-electron chi connectivity index (χ1n) is 8.25. The van der Waals surface area contributed by atoms with Gasteiger partial charge in [-0.05, 0) is 22.9 Å². The van der Waals surface area contributed by atoms with Gasteiger partial charge in [0.25, 0.3) is 0 Å². The summed E-state index contributed by atoms with van der Waals surface area (Å²) in [5.41, 5.74) is 6.45. The summed E-state index contributed by atoms with van der Waals surface area (Å²) >= 11 is 0. The highest BCUT2D eigenvalue weighted by atomic mass is 28.3. The summed E-state index contributed by atoms with van der Waals surface area (Å²) in [5, 5.41) is 3.53. The van der Waals surface area contributed by atoms with E-state index in [4.69, 9.17) is 4.74 Å². The number of carbonyl (C=O) groups is 1. The van der Waals surface area contributed by atoms with Crippen molar-refractivity contribution in [3.05, 3.63) is 64.0 Å². The molecule has 0 bridgehead atoms. The van der Waals surface area contributed by atoms with Gasteiger partial charge in [0.2, 0.25) is 0 Å². The Labute approximate surface area is 142 Å². The van der Waals surface area contributed by atoms with Gasteiger partial charge in [0.1, 0.15) is 5.75 Å². The fourth-order valence-electron chi connectivity index (χ4n) is 3.92. The second kappa shape index (κ2) is 5.07. The maximum absolute atomic E-state index is 13.1. The third kappa shape index (κ3) is 2.06. The zero-order valence-electron chi connectivity index (χ0n) is 14.4. The van der Waals surface area contributed by atoms with Gasteiger partial charge in [-0.3, -0.25) is 4.79 Å². The van der Waals surface area contributed by atoms with E-state index >= 15 is 0 Å². The van der Waals surface area contributed by atoms with Crippen molar-refractivity contribution in [2.24, 2.45) is 5.92 Å². The number of carbonyl (C=O) groups excluding carboxylic acids is 1. The number of allylic oxidation sites excluding steroid dienone is 1. The third-order valence-electron chi connectivity index (χ3n) is 4.92. The first-order chi connectivity index (χ1) is 11.4. The summed E-state index contributed by atoms with van der Waals surface area (Å²) in [6.07, 6.45) is 0. The predicted molar refractivity (Wildman–Crippen MR) is 100 cm³/mol. The molecule has 0 radical (unpaired) electrons. The van der Waals surface area contributed by atoms with Crippen LogP contribution in [0, 0.1) is 5.92 Å². The Kier molecular flexibility index (Phi) is 3.21. The van der Waals surface area contributed by atoms with Crippen LogP contribution in [0.2, 0.25) is 19.6 Å². The molecule has 3 heteroatoms. The highest BCUT2D eigenvalue weighted by Gasteiger charge is 2.42. The molecule has 2 aromatic rings. The van der Waals surface area contributed by atoms with Crippen LogP contribution < -0.4 is 15.2 Å². The van der Waals surface area contributed by atoms with Crippen LogP contribution in [0.4, 0.5) is 0 Å². The van der Waals surface area contributed by atoms with E-state index in [1.165, 1.54) is 10.4 Å². The standard InChI is InChI=1S/C21H20O2Si/c1-23-14-9-10-15-13(11-14)12-18-16-7-5-6-8-17(16)20(22)19(18)21(15)24(2,3)4/h5-11,19H,1-4H3. The minimum atomic E-state index is -1.71. The van der Waals surface area contributed by atoms with E-state index in [1.807, 2.05) is 36.4 Å². The summed E-state index contributed by atoms with van der Waals surface area (Å²) in [6, 6.07) is 14.0. The smallest absolute Gasteiger partial charge is 0.175 e.